The molecule has 1 aliphatic rings. The third-order valence-corrected chi connectivity index (χ3v) is 5.95. The van der Waals surface area contributed by atoms with Crippen molar-refractivity contribution in [3.8, 4) is 0 Å². The fourth-order valence-corrected chi connectivity index (χ4v) is 4.28. The number of hydrogen-bond acceptors (Lipinski definition) is 4. The summed E-state index contributed by atoms with van der Waals surface area (Å²) in [4.78, 5) is 26.9. The molecular weight excluding hydrogens is 372 g/mol. The Morgan fingerprint density at radius 2 is 2.04 bits per heavy atom. The van der Waals surface area contributed by atoms with Crippen LogP contribution in [0.25, 0.3) is 0 Å². The number of thioether (sulfide) groups is 1. The largest absolute Gasteiger partial charge is 0.464 e. The van der Waals surface area contributed by atoms with Crippen LogP contribution in [-0.4, -0.2) is 34.8 Å². The molecule has 28 heavy (non-hydrogen) atoms. The molecule has 2 aromatic rings. The number of carbonyl (C=O) groups is 2. The summed E-state index contributed by atoms with van der Waals surface area (Å²) in [5.41, 5.74) is 1.88. The van der Waals surface area contributed by atoms with E-state index in [2.05, 4.69) is 12.2 Å². The summed E-state index contributed by atoms with van der Waals surface area (Å²) in [5.74, 6) is 2.82. The molecule has 2 atom stereocenters. The standard InChI is InChI=1S/C22H28N2O3S/c1-15-5-4-6-18(11-15)23-21(25)13-28-14-22(26)24-10-9-16(2)12-19(24)20-8-7-17(3)27-20/h4-8,11,16,19H,9-10,12-14H2,1-3H3,(H,23,25)/t16-,19+/m1/s1. The second-order valence-corrected chi connectivity index (χ2v) is 8.58. The number of anilines is 1. The van der Waals surface area contributed by atoms with Gasteiger partial charge in [-0.15, -0.1) is 11.8 Å². The van der Waals surface area contributed by atoms with Crippen molar-refractivity contribution in [2.75, 3.05) is 23.4 Å². The van der Waals surface area contributed by atoms with Crippen molar-refractivity contribution in [2.45, 2.75) is 39.7 Å². The van der Waals surface area contributed by atoms with Gasteiger partial charge in [-0.3, -0.25) is 9.59 Å². The number of nitrogens with one attached hydrogen (secondary N) is 1. The summed E-state index contributed by atoms with van der Waals surface area (Å²) >= 11 is 1.36. The first kappa shape index (κ1) is 20.5. The molecule has 0 aliphatic carbocycles. The fourth-order valence-electron chi connectivity index (χ4n) is 3.58. The number of aryl methyl sites for hydroxylation is 2. The first-order valence-electron chi connectivity index (χ1n) is 9.72. The van der Waals surface area contributed by atoms with Crippen molar-refractivity contribution in [1.82, 2.24) is 4.90 Å². The monoisotopic (exact) mass is 400 g/mol. The highest BCUT2D eigenvalue weighted by molar-refractivity contribution is 8.00. The van der Waals surface area contributed by atoms with Crippen LogP contribution in [-0.2, 0) is 9.59 Å². The topological polar surface area (TPSA) is 62.6 Å². The summed E-state index contributed by atoms with van der Waals surface area (Å²) < 4.78 is 5.81. The predicted octanol–water partition coefficient (Wildman–Crippen LogP) is 4.57. The lowest BCUT2D eigenvalue weighted by Gasteiger charge is -2.37. The summed E-state index contributed by atoms with van der Waals surface area (Å²) in [6.07, 6.45) is 1.91. The SMILES string of the molecule is Cc1cccc(NC(=O)CSCC(=O)N2CC[C@@H](C)C[C@H]2c2ccc(C)o2)c1. The highest BCUT2D eigenvalue weighted by atomic mass is 32.2. The van der Waals surface area contributed by atoms with Crippen molar-refractivity contribution in [2.24, 2.45) is 5.92 Å². The Morgan fingerprint density at radius 3 is 2.75 bits per heavy atom. The van der Waals surface area contributed by atoms with E-state index >= 15 is 0 Å². The number of rotatable bonds is 6. The van der Waals surface area contributed by atoms with Crippen molar-refractivity contribution < 1.29 is 14.0 Å². The maximum absolute atomic E-state index is 12.8. The molecule has 2 amide bonds. The molecule has 1 saturated heterocycles. The number of nitrogens with zero attached hydrogens (tertiary/aromatic N) is 1. The van der Waals surface area contributed by atoms with E-state index in [0.29, 0.717) is 11.7 Å². The molecule has 0 bridgehead atoms. The number of carbonyl (C=O) groups excluding carboxylic acids is 2. The van der Waals surface area contributed by atoms with Crippen LogP contribution < -0.4 is 5.32 Å². The van der Waals surface area contributed by atoms with Gasteiger partial charge < -0.3 is 14.6 Å². The minimum atomic E-state index is -0.0890. The van der Waals surface area contributed by atoms with Gasteiger partial charge in [0.15, 0.2) is 0 Å². The average molecular weight is 401 g/mol. The van der Waals surface area contributed by atoms with Gasteiger partial charge in [0.2, 0.25) is 11.8 Å². The smallest absolute Gasteiger partial charge is 0.234 e. The molecule has 0 unspecified atom stereocenters. The summed E-state index contributed by atoms with van der Waals surface area (Å²) in [5, 5.41) is 2.88. The lowest BCUT2D eigenvalue weighted by molar-refractivity contribution is -0.133. The summed E-state index contributed by atoms with van der Waals surface area (Å²) in [6.45, 7) is 6.86. The number of amides is 2. The molecule has 0 saturated carbocycles. The van der Waals surface area contributed by atoms with E-state index in [4.69, 9.17) is 4.42 Å². The molecule has 1 aromatic heterocycles. The molecule has 5 nitrogen and oxygen atoms in total. The van der Waals surface area contributed by atoms with Gasteiger partial charge in [-0.25, -0.2) is 0 Å². The number of furan rings is 1. The van der Waals surface area contributed by atoms with Crippen LogP contribution in [0, 0.1) is 19.8 Å². The van der Waals surface area contributed by atoms with Crippen LogP contribution in [0.1, 0.15) is 42.9 Å². The minimum Gasteiger partial charge on any atom is -0.464 e. The maximum Gasteiger partial charge on any atom is 0.234 e. The van der Waals surface area contributed by atoms with E-state index in [1.54, 1.807) is 0 Å². The minimum absolute atomic E-state index is 0.00771. The van der Waals surface area contributed by atoms with Gasteiger partial charge >= 0.3 is 0 Å². The van der Waals surface area contributed by atoms with E-state index in [0.717, 1.165) is 42.2 Å². The highest BCUT2D eigenvalue weighted by Crippen LogP contribution is 2.35. The Labute approximate surface area is 170 Å². The fraction of sp³-hybridized carbons (Fsp3) is 0.455. The van der Waals surface area contributed by atoms with Crippen molar-refractivity contribution >= 4 is 29.3 Å². The van der Waals surface area contributed by atoms with Crippen LogP contribution in [0.2, 0.25) is 0 Å². The van der Waals surface area contributed by atoms with Gasteiger partial charge in [0, 0.05) is 12.2 Å². The Bertz CT molecular complexity index is 833. The molecule has 2 heterocycles. The number of benzene rings is 1. The Hall–Kier alpha value is -2.21. The Morgan fingerprint density at radius 1 is 1.21 bits per heavy atom. The Balaban J connectivity index is 1.52. The van der Waals surface area contributed by atoms with Crippen LogP contribution >= 0.6 is 11.8 Å². The zero-order chi connectivity index (χ0) is 20.1. The van der Waals surface area contributed by atoms with E-state index < -0.39 is 0 Å². The van der Waals surface area contributed by atoms with Gasteiger partial charge in [-0.2, -0.15) is 0 Å². The first-order valence-corrected chi connectivity index (χ1v) is 10.9. The number of hydrogen-bond donors (Lipinski definition) is 1. The molecule has 1 aromatic carbocycles. The van der Waals surface area contributed by atoms with E-state index in [1.165, 1.54) is 11.8 Å². The zero-order valence-corrected chi connectivity index (χ0v) is 17.6. The van der Waals surface area contributed by atoms with Gasteiger partial charge in [-0.1, -0.05) is 19.1 Å². The van der Waals surface area contributed by atoms with Crippen molar-refractivity contribution in [1.29, 1.82) is 0 Å². The van der Waals surface area contributed by atoms with Crippen molar-refractivity contribution in [3.05, 3.63) is 53.5 Å². The third-order valence-electron chi connectivity index (χ3n) is 5.04. The van der Waals surface area contributed by atoms with Gasteiger partial charge in [0.25, 0.3) is 0 Å². The van der Waals surface area contributed by atoms with Gasteiger partial charge in [0.05, 0.1) is 17.5 Å². The second-order valence-electron chi connectivity index (χ2n) is 7.59. The van der Waals surface area contributed by atoms with Crippen LogP contribution in [0.3, 0.4) is 0 Å². The molecule has 1 fully saturated rings. The number of piperidine rings is 1. The number of likely N-dealkylation sites (tertiary alicyclic amines) is 1. The Kier molecular flexibility index (Phi) is 6.83. The summed E-state index contributed by atoms with van der Waals surface area (Å²) in [6, 6.07) is 11.6. The van der Waals surface area contributed by atoms with Crippen molar-refractivity contribution in [3.63, 3.8) is 0 Å². The maximum atomic E-state index is 12.8. The molecular formula is C22H28N2O3S. The molecule has 0 radical (unpaired) electrons. The van der Waals surface area contributed by atoms with E-state index in [-0.39, 0.29) is 23.6 Å². The molecule has 0 spiro atoms. The molecule has 150 valence electrons. The molecule has 1 N–H and O–H groups in total. The molecule has 1 aliphatic heterocycles. The third kappa shape index (κ3) is 5.41. The van der Waals surface area contributed by atoms with E-state index in [9.17, 15) is 9.59 Å². The van der Waals surface area contributed by atoms with E-state index in [1.807, 2.05) is 55.1 Å². The highest BCUT2D eigenvalue weighted by Gasteiger charge is 2.32. The summed E-state index contributed by atoms with van der Waals surface area (Å²) in [7, 11) is 0. The van der Waals surface area contributed by atoms with Crippen LogP contribution in [0.5, 0.6) is 0 Å². The molecule has 3 rings (SSSR count). The lowest BCUT2D eigenvalue weighted by atomic mass is 9.91. The average Bonchev–Trinajstić information content (AvgIpc) is 3.08. The van der Waals surface area contributed by atoms with Gasteiger partial charge in [-0.05, 0) is 62.4 Å². The quantitative estimate of drug-likeness (QED) is 0.772. The van der Waals surface area contributed by atoms with Crippen LogP contribution in [0.15, 0.2) is 40.8 Å². The normalized spacial score (nSPS) is 19.5. The van der Waals surface area contributed by atoms with Crippen LogP contribution in [0.4, 0.5) is 5.69 Å². The molecule has 6 heteroatoms. The predicted molar refractivity (Wildman–Crippen MR) is 113 cm³/mol. The van der Waals surface area contributed by atoms with Gasteiger partial charge in [0.1, 0.15) is 11.5 Å². The lowest BCUT2D eigenvalue weighted by Crippen LogP contribution is -2.41. The first-order chi connectivity index (χ1) is 13.4. The zero-order valence-electron chi connectivity index (χ0n) is 16.7. The second kappa shape index (κ2) is 9.32.